The molecule has 0 spiro atoms. The lowest BCUT2D eigenvalue weighted by molar-refractivity contribution is -0.153. The van der Waals surface area contributed by atoms with Crippen molar-refractivity contribution in [2.75, 3.05) is 0 Å². The summed E-state index contributed by atoms with van der Waals surface area (Å²) in [6.07, 6.45) is -4.54. The van der Waals surface area contributed by atoms with Crippen LogP contribution in [0.2, 0.25) is 0 Å². The van der Waals surface area contributed by atoms with Gasteiger partial charge in [0, 0.05) is 0 Å². The van der Waals surface area contributed by atoms with Crippen LogP contribution in [-0.2, 0) is 11.0 Å². The minimum absolute atomic E-state index is 0.0465. The third-order valence-electron chi connectivity index (χ3n) is 2.19. The summed E-state index contributed by atoms with van der Waals surface area (Å²) in [6, 6.07) is 1.94. The van der Waals surface area contributed by atoms with Crippen molar-refractivity contribution < 1.29 is 22.4 Å². The van der Waals surface area contributed by atoms with Crippen molar-refractivity contribution in [1.29, 1.82) is 0 Å². The summed E-state index contributed by atoms with van der Waals surface area (Å²) in [6.45, 7) is 3.37. The van der Waals surface area contributed by atoms with E-state index in [9.17, 15) is 18.0 Å². The zero-order chi connectivity index (χ0) is 12.5. The fraction of sp³-hybridized carbons (Fsp3) is 0.500. The Kier molecular flexibility index (Phi) is 3.30. The predicted molar refractivity (Wildman–Crippen MR) is 50.5 cm³/mol. The first-order chi connectivity index (χ1) is 7.23. The predicted octanol–water partition coefficient (Wildman–Crippen LogP) is 2.52. The topological polar surface area (TPSA) is 56.2 Å². The van der Waals surface area contributed by atoms with Gasteiger partial charge in [0.25, 0.3) is 0 Å². The van der Waals surface area contributed by atoms with Gasteiger partial charge in [0.05, 0.1) is 5.92 Å². The van der Waals surface area contributed by atoms with E-state index in [1.54, 1.807) is 13.8 Å². The number of carbonyl (C=O) groups is 1. The molecule has 1 rings (SSSR count). The molecule has 1 heterocycles. The van der Waals surface area contributed by atoms with Crippen LogP contribution in [-0.4, -0.2) is 5.91 Å². The molecule has 16 heavy (non-hydrogen) atoms. The average molecular weight is 235 g/mol. The third-order valence-corrected chi connectivity index (χ3v) is 2.19. The summed E-state index contributed by atoms with van der Waals surface area (Å²) in [5.41, 5.74) is 5.11. The quantitative estimate of drug-likeness (QED) is 0.875. The van der Waals surface area contributed by atoms with Crippen molar-refractivity contribution in [1.82, 2.24) is 0 Å². The number of primary amides is 1. The second kappa shape index (κ2) is 4.19. The summed E-state index contributed by atoms with van der Waals surface area (Å²) in [5.74, 6) is -2.91. The summed E-state index contributed by atoms with van der Waals surface area (Å²) in [7, 11) is 0. The second-order valence-corrected chi connectivity index (χ2v) is 3.82. The SMILES string of the molecule is CC(C)C(C(N)=O)c1ccc(C(F)(F)F)o1. The Balaban J connectivity index is 3.04. The molecule has 2 N–H and O–H groups in total. The van der Waals surface area contributed by atoms with E-state index in [-0.39, 0.29) is 11.7 Å². The molecule has 1 amide bonds. The largest absolute Gasteiger partial charge is 0.456 e. The molecule has 6 heteroatoms. The molecule has 0 saturated carbocycles. The maximum absolute atomic E-state index is 12.3. The summed E-state index contributed by atoms with van der Waals surface area (Å²) >= 11 is 0. The molecule has 0 aliphatic carbocycles. The number of amides is 1. The van der Waals surface area contributed by atoms with E-state index >= 15 is 0 Å². The van der Waals surface area contributed by atoms with Crippen molar-refractivity contribution in [3.05, 3.63) is 23.7 Å². The Hall–Kier alpha value is -1.46. The number of hydrogen-bond acceptors (Lipinski definition) is 2. The highest BCUT2D eigenvalue weighted by atomic mass is 19.4. The molecule has 0 radical (unpaired) electrons. The minimum atomic E-state index is -4.54. The maximum atomic E-state index is 12.3. The molecule has 90 valence electrons. The van der Waals surface area contributed by atoms with Crippen LogP contribution in [0.1, 0.15) is 31.3 Å². The van der Waals surface area contributed by atoms with E-state index in [1.165, 1.54) is 0 Å². The van der Waals surface area contributed by atoms with E-state index in [0.29, 0.717) is 0 Å². The van der Waals surface area contributed by atoms with Crippen molar-refractivity contribution in [2.24, 2.45) is 11.7 Å². The highest BCUT2D eigenvalue weighted by Gasteiger charge is 2.36. The molecular weight excluding hydrogens is 223 g/mol. The van der Waals surface area contributed by atoms with Crippen LogP contribution in [0.15, 0.2) is 16.5 Å². The zero-order valence-corrected chi connectivity index (χ0v) is 8.84. The molecule has 0 bridgehead atoms. The van der Waals surface area contributed by atoms with Gasteiger partial charge >= 0.3 is 6.18 Å². The summed E-state index contributed by atoms with van der Waals surface area (Å²) in [4.78, 5) is 11.1. The lowest BCUT2D eigenvalue weighted by Gasteiger charge is -2.14. The lowest BCUT2D eigenvalue weighted by atomic mass is 9.93. The first-order valence-corrected chi connectivity index (χ1v) is 4.69. The molecule has 1 aromatic heterocycles. The molecule has 1 aromatic rings. The van der Waals surface area contributed by atoms with Crippen molar-refractivity contribution in [3.63, 3.8) is 0 Å². The second-order valence-electron chi connectivity index (χ2n) is 3.82. The molecule has 0 aromatic carbocycles. The van der Waals surface area contributed by atoms with Gasteiger partial charge < -0.3 is 10.2 Å². The highest BCUT2D eigenvalue weighted by Crippen LogP contribution is 2.34. The average Bonchev–Trinajstić information content (AvgIpc) is 2.50. The van der Waals surface area contributed by atoms with Crippen LogP contribution in [0.25, 0.3) is 0 Å². The number of rotatable bonds is 3. The molecule has 0 fully saturated rings. The highest BCUT2D eigenvalue weighted by molar-refractivity contribution is 5.81. The fourth-order valence-corrected chi connectivity index (χ4v) is 1.47. The van der Waals surface area contributed by atoms with Gasteiger partial charge in [0.2, 0.25) is 11.7 Å². The van der Waals surface area contributed by atoms with E-state index in [1.807, 2.05) is 0 Å². The first kappa shape index (κ1) is 12.6. The number of carbonyl (C=O) groups excluding carboxylic acids is 1. The van der Waals surface area contributed by atoms with Gasteiger partial charge in [-0.1, -0.05) is 13.8 Å². The lowest BCUT2D eigenvalue weighted by Crippen LogP contribution is -2.25. The van der Waals surface area contributed by atoms with E-state index < -0.39 is 23.8 Å². The Morgan fingerprint density at radius 1 is 1.38 bits per heavy atom. The third kappa shape index (κ3) is 2.56. The number of halogens is 3. The van der Waals surface area contributed by atoms with Gasteiger partial charge in [-0.05, 0) is 18.1 Å². The number of alkyl halides is 3. The van der Waals surface area contributed by atoms with Gasteiger partial charge in [-0.2, -0.15) is 13.2 Å². The fourth-order valence-electron chi connectivity index (χ4n) is 1.47. The Morgan fingerprint density at radius 2 is 1.94 bits per heavy atom. The molecule has 0 saturated heterocycles. The standard InChI is InChI=1S/C10H12F3NO2/c1-5(2)8(9(14)15)6-3-4-7(16-6)10(11,12)13/h3-5,8H,1-2H3,(H2,14,15). The molecule has 0 aliphatic rings. The Bertz CT molecular complexity index is 382. The number of furan rings is 1. The molecule has 1 atom stereocenters. The van der Waals surface area contributed by atoms with Gasteiger partial charge in [-0.3, -0.25) is 4.79 Å². The zero-order valence-electron chi connectivity index (χ0n) is 8.84. The van der Waals surface area contributed by atoms with E-state index in [2.05, 4.69) is 4.42 Å². The minimum Gasteiger partial charge on any atom is -0.456 e. The first-order valence-electron chi connectivity index (χ1n) is 4.69. The normalized spacial score (nSPS) is 14.1. The van der Waals surface area contributed by atoms with Crippen molar-refractivity contribution in [3.8, 4) is 0 Å². The smallest absolute Gasteiger partial charge is 0.449 e. The monoisotopic (exact) mass is 235 g/mol. The Morgan fingerprint density at radius 3 is 2.25 bits per heavy atom. The van der Waals surface area contributed by atoms with Crippen LogP contribution in [0.5, 0.6) is 0 Å². The van der Waals surface area contributed by atoms with Crippen LogP contribution < -0.4 is 5.73 Å². The maximum Gasteiger partial charge on any atom is 0.449 e. The molecule has 3 nitrogen and oxygen atoms in total. The van der Waals surface area contributed by atoms with Gasteiger partial charge in [0.15, 0.2) is 0 Å². The van der Waals surface area contributed by atoms with Gasteiger partial charge in [-0.25, -0.2) is 0 Å². The Labute approximate surface area is 90.4 Å². The van der Waals surface area contributed by atoms with E-state index in [4.69, 9.17) is 5.73 Å². The van der Waals surface area contributed by atoms with Gasteiger partial charge in [-0.15, -0.1) is 0 Å². The molecule has 0 aliphatic heterocycles. The van der Waals surface area contributed by atoms with Crippen LogP contribution >= 0.6 is 0 Å². The van der Waals surface area contributed by atoms with Gasteiger partial charge in [0.1, 0.15) is 5.76 Å². The summed E-state index contributed by atoms with van der Waals surface area (Å²) in [5, 5.41) is 0. The van der Waals surface area contributed by atoms with Crippen LogP contribution in [0.3, 0.4) is 0 Å². The molecular formula is C10H12F3NO2. The van der Waals surface area contributed by atoms with Crippen molar-refractivity contribution >= 4 is 5.91 Å². The number of nitrogens with two attached hydrogens (primary N) is 1. The van der Waals surface area contributed by atoms with Crippen molar-refractivity contribution in [2.45, 2.75) is 25.9 Å². The summed E-state index contributed by atoms with van der Waals surface area (Å²) < 4.78 is 41.4. The van der Waals surface area contributed by atoms with Crippen LogP contribution in [0, 0.1) is 5.92 Å². The molecule has 1 unspecified atom stereocenters. The number of hydrogen-bond donors (Lipinski definition) is 1. The van der Waals surface area contributed by atoms with Crippen LogP contribution in [0.4, 0.5) is 13.2 Å². The van der Waals surface area contributed by atoms with E-state index in [0.717, 1.165) is 12.1 Å².